The zero-order chi connectivity index (χ0) is 27.4. The van der Waals surface area contributed by atoms with Gasteiger partial charge in [-0.2, -0.15) is 0 Å². The number of nitrogens with one attached hydrogen (secondary N) is 3. The summed E-state index contributed by atoms with van der Waals surface area (Å²) in [7, 11) is 0. The largest absolute Gasteiger partial charge is 0.484 e. The van der Waals surface area contributed by atoms with Crippen molar-refractivity contribution in [3.05, 3.63) is 65.2 Å². The summed E-state index contributed by atoms with van der Waals surface area (Å²) in [5.74, 6) is -1.38. The molecule has 198 valence electrons. The van der Waals surface area contributed by atoms with E-state index >= 15 is 0 Å². The fourth-order valence-electron chi connectivity index (χ4n) is 3.80. The first-order chi connectivity index (χ1) is 18.2. The highest BCUT2D eigenvalue weighted by Crippen LogP contribution is 2.31. The number of amides is 3. The minimum absolute atomic E-state index is 0.0840. The number of nitrogens with zero attached hydrogens (tertiary/aromatic N) is 3. The summed E-state index contributed by atoms with van der Waals surface area (Å²) in [4.78, 5) is 53.1. The highest BCUT2D eigenvalue weighted by Gasteiger charge is 2.29. The molecular formula is C25H27N7O6. The summed E-state index contributed by atoms with van der Waals surface area (Å²) >= 11 is 0. The Morgan fingerprint density at radius 3 is 2.68 bits per heavy atom. The van der Waals surface area contributed by atoms with E-state index in [1.54, 1.807) is 24.3 Å². The van der Waals surface area contributed by atoms with Crippen molar-refractivity contribution < 1.29 is 29.3 Å². The monoisotopic (exact) mass is 521 g/mol. The number of carbonyl (C=O) groups excluding carboxylic acids is 3. The molecule has 0 bridgehead atoms. The maximum absolute atomic E-state index is 13.7. The van der Waals surface area contributed by atoms with Gasteiger partial charge >= 0.3 is 0 Å². The molecule has 0 aliphatic carbocycles. The standard InChI is InChI=1S/C25H27N7O6/c1-13-3-6-19(14(2)7-13)32(24(37)22-21(23(26)36)28-12-29-22)25-30-17-5-4-16(8-18(17)31-25)38-11-20(35)27-9-15(34)10-33/h3-8,12,15,33-34H,9-11H2,1-2H3,(H2,26,36)(H,27,35)(H,28,29)(H,30,31). The fourth-order valence-corrected chi connectivity index (χ4v) is 3.80. The molecule has 0 spiro atoms. The summed E-state index contributed by atoms with van der Waals surface area (Å²) < 4.78 is 5.53. The topological polar surface area (TPSA) is 200 Å². The molecule has 1 unspecified atom stereocenters. The minimum Gasteiger partial charge on any atom is -0.484 e. The summed E-state index contributed by atoms with van der Waals surface area (Å²) in [5, 5.41) is 20.6. The van der Waals surface area contributed by atoms with Crippen LogP contribution in [0.5, 0.6) is 5.75 Å². The van der Waals surface area contributed by atoms with Gasteiger partial charge in [0.1, 0.15) is 11.4 Å². The fraction of sp³-hybridized carbons (Fsp3) is 0.240. The lowest BCUT2D eigenvalue weighted by atomic mass is 10.1. The molecule has 4 rings (SSSR count). The van der Waals surface area contributed by atoms with E-state index in [0.717, 1.165) is 11.1 Å². The number of fused-ring (bicyclic) bond motifs is 1. The van der Waals surface area contributed by atoms with Crippen LogP contribution in [0.4, 0.5) is 11.6 Å². The molecule has 38 heavy (non-hydrogen) atoms. The van der Waals surface area contributed by atoms with E-state index in [2.05, 4.69) is 25.3 Å². The number of anilines is 2. The van der Waals surface area contributed by atoms with Gasteiger partial charge in [-0.05, 0) is 37.6 Å². The second kappa shape index (κ2) is 11.1. The molecule has 0 aliphatic rings. The number of hydrogen-bond donors (Lipinski definition) is 6. The number of primary amides is 1. The highest BCUT2D eigenvalue weighted by atomic mass is 16.5. The van der Waals surface area contributed by atoms with Gasteiger partial charge in [0.05, 0.1) is 35.8 Å². The first-order valence-electron chi connectivity index (χ1n) is 11.6. The van der Waals surface area contributed by atoms with Crippen LogP contribution in [-0.4, -0.2) is 73.7 Å². The van der Waals surface area contributed by atoms with Gasteiger partial charge in [-0.3, -0.25) is 14.4 Å². The van der Waals surface area contributed by atoms with Crippen LogP contribution in [0.15, 0.2) is 42.7 Å². The van der Waals surface area contributed by atoms with Gasteiger partial charge in [-0.1, -0.05) is 17.7 Å². The quantitative estimate of drug-likeness (QED) is 0.176. The van der Waals surface area contributed by atoms with Crippen LogP contribution < -0.4 is 20.7 Å². The van der Waals surface area contributed by atoms with Gasteiger partial charge in [0.15, 0.2) is 12.3 Å². The molecule has 1 atom stereocenters. The number of aromatic amines is 2. The lowest BCUT2D eigenvalue weighted by Crippen LogP contribution is -2.36. The van der Waals surface area contributed by atoms with E-state index in [-0.39, 0.29) is 30.5 Å². The number of ether oxygens (including phenoxy) is 1. The first kappa shape index (κ1) is 26.3. The lowest BCUT2D eigenvalue weighted by Gasteiger charge is -2.22. The summed E-state index contributed by atoms with van der Waals surface area (Å²) in [6, 6.07) is 10.4. The van der Waals surface area contributed by atoms with Crippen LogP contribution in [-0.2, 0) is 4.79 Å². The second-order valence-corrected chi connectivity index (χ2v) is 8.59. The molecule has 0 radical (unpaired) electrons. The molecule has 0 aliphatic heterocycles. The van der Waals surface area contributed by atoms with Gasteiger partial charge in [0.2, 0.25) is 5.95 Å². The number of aryl methyl sites for hydroxylation is 2. The zero-order valence-electron chi connectivity index (χ0n) is 20.7. The van der Waals surface area contributed by atoms with Crippen molar-refractivity contribution in [1.82, 2.24) is 25.3 Å². The Labute approximate surface area is 216 Å². The van der Waals surface area contributed by atoms with Gasteiger partial charge in [-0.15, -0.1) is 0 Å². The maximum Gasteiger partial charge on any atom is 0.284 e. The van der Waals surface area contributed by atoms with E-state index in [0.29, 0.717) is 22.5 Å². The predicted molar refractivity (Wildman–Crippen MR) is 137 cm³/mol. The number of aliphatic hydroxyl groups excluding tert-OH is 2. The number of aliphatic hydroxyl groups is 2. The van der Waals surface area contributed by atoms with Crippen molar-refractivity contribution in [1.29, 1.82) is 0 Å². The molecule has 7 N–H and O–H groups in total. The van der Waals surface area contributed by atoms with E-state index in [1.807, 2.05) is 26.0 Å². The molecule has 0 saturated carbocycles. The average Bonchev–Trinajstić information content (AvgIpc) is 3.54. The Bertz CT molecular complexity index is 1490. The second-order valence-electron chi connectivity index (χ2n) is 8.59. The zero-order valence-corrected chi connectivity index (χ0v) is 20.7. The van der Waals surface area contributed by atoms with Crippen LogP contribution in [0.2, 0.25) is 0 Å². The van der Waals surface area contributed by atoms with Crippen LogP contribution >= 0.6 is 0 Å². The molecule has 13 heteroatoms. The average molecular weight is 522 g/mol. The first-order valence-corrected chi connectivity index (χ1v) is 11.6. The number of rotatable bonds is 10. The SMILES string of the molecule is Cc1ccc(N(C(=O)c2[nH]cnc2C(N)=O)c2nc3ccc(OCC(=O)NCC(O)CO)cc3[nH]2)c(C)c1. The number of aromatic nitrogens is 4. The summed E-state index contributed by atoms with van der Waals surface area (Å²) in [5.41, 5.74) is 8.50. The van der Waals surface area contributed by atoms with Crippen molar-refractivity contribution in [2.24, 2.45) is 5.73 Å². The highest BCUT2D eigenvalue weighted by molar-refractivity contribution is 6.14. The van der Waals surface area contributed by atoms with Gasteiger partial charge in [0.25, 0.3) is 17.7 Å². The van der Waals surface area contributed by atoms with Crippen LogP contribution in [0.25, 0.3) is 11.0 Å². The Balaban J connectivity index is 1.65. The predicted octanol–water partition coefficient (Wildman–Crippen LogP) is 0.828. The number of benzene rings is 2. The van der Waals surface area contributed by atoms with Crippen molar-refractivity contribution in [2.75, 3.05) is 24.7 Å². The maximum atomic E-state index is 13.7. The number of hydrogen-bond acceptors (Lipinski definition) is 8. The Hall–Kier alpha value is -4.75. The van der Waals surface area contributed by atoms with E-state index < -0.39 is 30.4 Å². The molecule has 0 fully saturated rings. The van der Waals surface area contributed by atoms with Crippen LogP contribution in [0.1, 0.15) is 32.1 Å². The number of H-pyrrole nitrogens is 2. The Morgan fingerprint density at radius 1 is 1.18 bits per heavy atom. The van der Waals surface area contributed by atoms with Crippen LogP contribution in [0.3, 0.4) is 0 Å². The molecule has 2 aromatic heterocycles. The molecule has 0 saturated heterocycles. The number of carbonyl (C=O) groups is 3. The van der Waals surface area contributed by atoms with Gasteiger partial charge in [-0.25, -0.2) is 14.9 Å². The molecular weight excluding hydrogens is 494 g/mol. The smallest absolute Gasteiger partial charge is 0.284 e. The van der Waals surface area contributed by atoms with E-state index in [1.165, 1.54) is 11.2 Å². The number of nitrogens with two attached hydrogens (primary N) is 1. The Kier molecular flexibility index (Phi) is 7.69. The molecule has 3 amide bonds. The van der Waals surface area contributed by atoms with Gasteiger partial charge in [0, 0.05) is 12.6 Å². The minimum atomic E-state index is -1.05. The van der Waals surface area contributed by atoms with Crippen molar-refractivity contribution in [2.45, 2.75) is 20.0 Å². The van der Waals surface area contributed by atoms with Gasteiger partial charge < -0.3 is 36.0 Å². The third-order valence-electron chi connectivity index (χ3n) is 5.65. The van der Waals surface area contributed by atoms with E-state index in [4.69, 9.17) is 15.6 Å². The normalized spacial score (nSPS) is 11.8. The third kappa shape index (κ3) is 5.63. The van der Waals surface area contributed by atoms with E-state index in [9.17, 15) is 19.5 Å². The third-order valence-corrected chi connectivity index (χ3v) is 5.65. The molecule has 13 nitrogen and oxygen atoms in total. The summed E-state index contributed by atoms with van der Waals surface area (Å²) in [6.45, 7) is 2.90. The van der Waals surface area contributed by atoms with Crippen molar-refractivity contribution >= 4 is 40.4 Å². The Morgan fingerprint density at radius 2 is 1.97 bits per heavy atom. The lowest BCUT2D eigenvalue weighted by molar-refractivity contribution is -0.123. The number of imidazole rings is 2. The summed E-state index contributed by atoms with van der Waals surface area (Å²) in [6.07, 6.45) is 0.165. The van der Waals surface area contributed by atoms with Crippen molar-refractivity contribution in [3.63, 3.8) is 0 Å². The molecule has 2 heterocycles. The van der Waals surface area contributed by atoms with Crippen molar-refractivity contribution in [3.8, 4) is 5.75 Å². The molecule has 4 aromatic rings. The van der Waals surface area contributed by atoms with Crippen LogP contribution in [0, 0.1) is 13.8 Å². The molecule has 2 aromatic carbocycles.